The summed E-state index contributed by atoms with van der Waals surface area (Å²) in [5.74, 6) is -1.82. The summed E-state index contributed by atoms with van der Waals surface area (Å²) in [5, 5.41) is 14.5. The Morgan fingerprint density at radius 3 is 2.69 bits per heavy atom. The minimum atomic E-state index is -2.92. The molecule has 4 rings (SSSR count). The highest BCUT2D eigenvalue weighted by atomic mass is 19.3. The van der Waals surface area contributed by atoms with E-state index >= 15 is 0 Å². The van der Waals surface area contributed by atoms with E-state index in [9.17, 15) is 18.0 Å². The van der Waals surface area contributed by atoms with Gasteiger partial charge in [-0.2, -0.15) is 8.78 Å². The number of hydrogen-bond acceptors (Lipinski definition) is 8. The van der Waals surface area contributed by atoms with E-state index in [0.717, 1.165) is 6.07 Å². The molecule has 12 heteroatoms. The van der Waals surface area contributed by atoms with Gasteiger partial charge < -0.3 is 4.42 Å². The maximum Gasteiger partial charge on any atom is 0.314 e. The van der Waals surface area contributed by atoms with Crippen molar-refractivity contribution in [3.05, 3.63) is 59.9 Å². The van der Waals surface area contributed by atoms with Crippen molar-refractivity contribution in [1.82, 2.24) is 35.2 Å². The van der Waals surface area contributed by atoms with Gasteiger partial charge in [-0.25, -0.2) is 9.07 Å². The zero-order valence-electron chi connectivity index (χ0n) is 14.4. The van der Waals surface area contributed by atoms with Crippen LogP contribution in [0.15, 0.2) is 41.3 Å². The number of alkyl halides is 2. The van der Waals surface area contributed by atoms with E-state index in [1.807, 2.05) is 0 Å². The second-order valence-corrected chi connectivity index (χ2v) is 5.82. The molecule has 0 atom stereocenters. The smallest absolute Gasteiger partial charge is 0.314 e. The minimum absolute atomic E-state index is 0.0357. The molecule has 146 valence electrons. The Bertz CT molecular complexity index is 1180. The van der Waals surface area contributed by atoms with Gasteiger partial charge in [0.05, 0.1) is 24.0 Å². The standard InChI is InChI=1S/C17H10F3N7O2/c18-12-2-11(16-24-25-17(29-16)15(19)20)5-22-14(12)7-27-6-13(23-26-27)10-1-9(8-28)3-21-4-10/h1-6,8,15H,7H2. The molecule has 0 saturated heterocycles. The van der Waals surface area contributed by atoms with Gasteiger partial charge in [0, 0.05) is 29.7 Å². The van der Waals surface area contributed by atoms with E-state index in [0.29, 0.717) is 23.1 Å². The summed E-state index contributed by atoms with van der Waals surface area (Å²) in [6.07, 6.45) is 3.46. The third kappa shape index (κ3) is 3.85. The predicted octanol–water partition coefficient (Wildman–Crippen LogP) is 2.72. The second kappa shape index (κ2) is 7.58. The Balaban J connectivity index is 1.54. The second-order valence-electron chi connectivity index (χ2n) is 5.82. The van der Waals surface area contributed by atoms with Crippen LogP contribution in [0.25, 0.3) is 22.7 Å². The van der Waals surface area contributed by atoms with Gasteiger partial charge >= 0.3 is 6.43 Å². The molecule has 0 amide bonds. The molecule has 0 aliphatic rings. The number of halogens is 3. The molecule has 0 fully saturated rings. The molecule has 0 N–H and O–H groups in total. The van der Waals surface area contributed by atoms with E-state index in [1.54, 1.807) is 12.3 Å². The lowest BCUT2D eigenvalue weighted by Gasteiger charge is -2.03. The van der Waals surface area contributed by atoms with Gasteiger partial charge in [-0.1, -0.05) is 5.21 Å². The van der Waals surface area contributed by atoms with Gasteiger partial charge in [0.25, 0.3) is 5.89 Å². The monoisotopic (exact) mass is 401 g/mol. The Morgan fingerprint density at radius 1 is 1.10 bits per heavy atom. The van der Waals surface area contributed by atoms with Gasteiger partial charge in [0.15, 0.2) is 6.29 Å². The van der Waals surface area contributed by atoms with E-state index in [-0.39, 0.29) is 23.7 Å². The molecule has 0 bridgehead atoms. The summed E-state index contributed by atoms with van der Waals surface area (Å²) in [6.45, 7) is -0.0357. The van der Waals surface area contributed by atoms with Crippen molar-refractivity contribution in [2.24, 2.45) is 0 Å². The Labute approximate surface area is 160 Å². The average molecular weight is 401 g/mol. The fourth-order valence-corrected chi connectivity index (χ4v) is 2.46. The van der Waals surface area contributed by atoms with Crippen molar-refractivity contribution in [1.29, 1.82) is 0 Å². The zero-order valence-corrected chi connectivity index (χ0v) is 14.4. The third-order valence-corrected chi connectivity index (χ3v) is 3.83. The first-order chi connectivity index (χ1) is 14.0. The van der Waals surface area contributed by atoms with Gasteiger partial charge in [-0.05, 0) is 12.1 Å². The number of aldehydes is 1. The molecule has 0 unspecified atom stereocenters. The van der Waals surface area contributed by atoms with E-state index in [2.05, 4.69) is 30.5 Å². The fraction of sp³-hybridized carbons (Fsp3) is 0.118. The van der Waals surface area contributed by atoms with Crippen LogP contribution in [-0.4, -0.2) is 41.4 Å². The number of nitrogens with zero attached hydrogens (tertiary/aromatic N) is 7. The molecule has 29 heavy (non-hydrogen) atoms. The lowest BCUT2D eigenvalue weighted by molar-refractivity contribution is 0.112. The van der Waals surface area contributed by atoms with Crippen molar-refractivity contribution in [2.75, 3.05) is 0 Å². The lowest BCUT2D eigenvalue weighted by atomic mass is 10.2. The molecular weight excluding hydrogens is 391 g/mol. The van der Waals surface area contributed by atoms with Crippen molar-refractivity contribution in [2.45, 2.75) is 13.0 Å². The molecule has 0 saturated carbocycles. The first kappa shape index (κ1) is 18.4. The molecule has 0 aliphatic carbocycles. The summed E-state index contributed by atoms with van der Waals surface area (Å²) in [5.41, 5.74) is 1.52. The van der Waals surface area contributed by atoms with E-state index in [1.165, 1.54) is 23.3 Å². The Kier molecular flexibility index (Phi) is 4.81. The van der Waals surface area contributed by atoms with Crippen molar-refractivity contribution >= 4 is 6.29 Å². The largest absolute Gasteiger partial charge is 0.415 e. The number of pyridine rings is 2. The molecule has 0 radical (unpaired) electrons. The van der Waals surface area contributed by atoms with Crippen molar-refractivity contribution in [3.63, 3.8) is 0 Å². The molecule has 0 aliphatic heterocycles. The van der Waals surface area contributed by atoms with Crippen LogP contribution in [0.5, 0.6) is 0 Å². The first-order valence-electron chi connectivity index (χ1n) is 8.10. The highest BCUT2D eigenvalue weighted by molar-refractivity contribution is 5.77. The maximum absolute atomic E-state index is 14.4. The summed E-state index contributed by atoms with van der Waals surface area (Å²) in [7, 11) is 0. The van der Waals surface area contributed by atoms with E-state index < -0.39 is 18.1 Å². The normalized spacial score (nSPS) is 11.2. The molecule has 4 heterocycles. The quantitative estimate of drug-likeness (QED) is 0.453. The highest BCUT2D eigenvalue weighted by Gasteiger charge is 2.18. The van der Waals surface area contributed by atoms with Crippen LogP contribution >= 0.6 is 0 Å². The molecule has 9 nitrogen and oxygen atoms in total. The van der Waals surface area contributed by atoms with Crippen LogP contribution in [0.3, 0.4) is 0 Å². The van der Waals surface area contributed by atoms with E-state index in [4.69, 9.17) is 4.42 Å². The summed E-state index contributed by atoms with van der Waals surface area (Å²) in [6, 6.07) is 2.65. The third-order valence-electron chi connectivity index (χ3n) is 3.83. The summed E-state index contributed by atoms with van der Waals surface area (Å²) in [4.78, 5) is 18.8. The predicted molar refractivity (Wildman–Crippen MR) is 90.2 cm³/mol. The summed E-state index contributed by atoms with van der Waals surface area (Å²) < 4.78 is 45.6. The average Bonchev–Trinajstić information content (AvgIpc) is 3.39. The number of hydrogen-bond donors (Lipinski definition) is 0. The van der Waals surface area contributed by atoms with Crippen LogP contribution in [-0.2, 0) is 6.54 Å². The molecule has 4 aromatic rings. The SMILES string of the molecule is O=Cc1cncc(-c2cn(Cc3ncc(-c4nnc(C(F)F)o4)cc3F)nn2)c1. The Hall–Kier alpha value is -3.96. The Morgan fingerprint density at radius 2 is 1.97 bits per heavy atom. The first-order valence-corrected chi connectivity index (χ1v) is 8.10. The number of carbonyl (C=O) groups excluding carboxylic acids is 1. The molecular formula is C17H10F3N7O2. The van der Waals surface area contributed by atoms with Gasteiger partial charge in [-0.15, -0.1) is 15.3 Å². The van der Waals surface area contributed by atoms with Gasteiger partial charge in [0.1, 0.15) is 11.5 Å². The fourth-order valence-electron chi connectivity index (χ4n) is 2.46. The molecule has 0 spiro atoms. The van der Waals surface area contributed by atoms with Crippen molar-refractivity contribution in [3.8, 4) is 22.7 Å². The van der Waals surface area contributed by atoms with Crippen LogP contribution in [0.2, 0.25) is 0 Å². The zero-order chi connectivity index (χ0) is 20.4. The van der Waals surface area contributed by atoms with Gasteiger partial charge in [-0.3, -0.25) is 14.8 Å². The molecule has 4 aromatic heterocycles. The van der Waals surface area contributed by atoms with Crippen LogP contribution in [0.1, 0.15) is 28.4 Å². The number of carbonyl (C=O) groups is 1. The number of aromatic nitrogens is 7. The van der Waals surface area contributed by atoms with Crippen molar-refractivity contribution < 1.29 is 22.4 Å². The lowest BCUT2D eigenvalue weighted by Crippen LogP contribution is -2.05. The maximum atomic E-state index is 14.4. The topological polar surface area (TPSA) is 112 Å². The van der Waals surface area contributed by atoms with Crippen LogP contribution in [0, 0.1) is 5.82 Å². The minimum Gasteiger partial charge on any atom is -0.415 e. The van der Waals surface area contributed by atoms with Gasteiger partial charge in [0.2, 0.25) is 5.89 Å². The van der Waals surface area contributed by atoms with Crippen LogP contribution < -0.4 is 0 Å². The summed E-state index contributed by atoms with van der Waals surface area (Å²) >= 11 is 0. The number of rotatable bonds is 6. The van der Waals surface area contributed by atoms with Crippen LogP contribution in [0.4, 0.5) is 13.2 Å². The highest BCUT2D eigenvalue weighted by Crippen LogP contribution is 2.24. The molecule has 0 aromatic carbocycles.